The highest BCUT2D eigenvalue weighted by Gasteiger charge is 2.30. The quantitative estimate of drug-likeness (QED) is 0.725. The highest BCUT2D eigenvalue weighted by molar-refractivity contribution is 6.31. The van der Waals surface area contributed by atoms with Crippen molar-refractivity contribution in [3.63, 3.8) is 0 Å². The maximum Gasteiger partial charge on any atom is 0.416 e. The first-order valence-electron chi connectivity index (χ1n) is 9.51. The molecule has 0 N–H and O–H groups in total. The molecule has 158 valence electrons. The van der Waals surface area contributed by atoms with E-state index >= 15 is 0 Å². The molecule has 1 aromatic heterocycles. The molecular formula is C20H24ClF3N4O. The Morgan fingerprint density at radius 2 is 1.86 bits per heavy atom. The van der Waals surface area contributed by atoms with Crippen LogP contribution in [0.5, 0.6) is 0 Å². The smallest absolute Gasteiger partial charge is 0.340 e. The minimum atomic E-state index is -4.34. The van der Waals surface area contributed by atoms with E-state index < -0.39 is 11.7 Å². The number of carbonyl (C=O) groups is 1. The number of piperazine rings is 1. The van der Waals surface area contributed by atoms with Crippen LogP contribution in [0.25, 0.3) is 0 Å². The summed E-state index contributed by atoms with van der Waals surface area (Å²) >= 11 is 6.13. The van der Waals surface area contributed by atoms with Gasteiger partial charge in [-0.3, -0.25) is 14.4 Å². The first-order chi connectivity index (χ1) is 13.6. The minimum absolute atomic E-state index is 0.0485. The average Bonchev–Trinajstić information content (AvgIpc) is 2.93. The second-order valence-corrected chi connectivity index (χ2v) is 7.69. The zero-order chi connectivity index (χ0) is 21.2. The summed E-state index contributed by atoms with van der Waals surface area (Å²) in [7, 11) is 0. The van der Waals surface area contributed by atoms with Crippen LogP contribution in [0.1, 0.15) is 28.9 Å². The Balaban J connectivity index is 1.49. The molecule has 0 atom stereocenters. The fourth-order valence-corrected chi connectivity index (χ4v) is 3.65. The van der Waals surface area contributed by atoms with Crippen LogP contribution in [0.15, 0.2) is 24.3 Å². The maximum atomic E-state index is 12.9. The van der Waals surface area contributed by atoms with E-state index in [0.717, 1.165) is 17.5 Å². The van der Waals surface area contributed by atoms with Crippen molar-refractivity contribution in [1.29, 1.82) is 0 Å². The van der Waals surface area contributed by atoms with Crippen molar-refractivity contribution >= 4 is 17.5 Å². The summed E-state index contributed by atoms with van der Waals surface area (Å²) in [5, 5.41) is 4.96. The van der Waals surface area contributed by atoms with Gasteiger partial charge in [0.2, 0.25) is 5.91 Å². The molecule has 0 aliphatic carbocycles. The lowest BCUT2D eigenvalue weighted by Crippen LogP contribution is -2.48. The molecular weight excluding hydrogens is 405 g/mol. The van der Waals surface area contributed by atoms with Gasteiger partial charge in [0.05, 0.1) is 28.5 Å². The van der Waals surface area contributed by atoms with Crippen LogP contribution in [-0.2, 0) is 24.1 Å². The Labute approximate surface area is 173 Å². The lowest BCUT2D eigenvalue weighted by molar-refractivity contribution is -0.137. The third-order valence-corrected chi connectivity index (χ3v) is 5.76. The molecule has 0 spiro atoms. The SMILES string of the molecule is Cc1nn(CCC(=O)N2CCN(Cc3cccc(C(F)(F)F)c3)CC2)c(C)c1Cl. The molecule has 1 saturated heterocycles. The van der Waals surface area contributed by atoms with E-state index in [1.165, 1.54) is 12.1 Å². The first-order valence-corrected chi connectivity index (χ1v) is 9.88. The summed E-state index contributed by atoms with van der Waals surface area (Å²) in [6.45, 7) is 7.02. The second kappa shape index (κ2) is 8.75. The maximum absolute atomic E-state index is 12.9. The highest BCUT2D eigenvalue weighted by Crippen LogP contribution is 2.29. The predicted octanol–water partition coefficient (Wildman–Crippen LogP) is 3.91. The predicted molar refractivity (Wildman–Crippen MR) is 105 cm³/mol. The molecule has 0 radical (unpaired) electrons. The molecule has 1 aliphatic rings. The number of amides is 1. The monoisotopic (exact) mass is 428 g/mol. The molecule has 0 unspecified atom stereocenters. The number of aromatic nitrogens is 2. The van der Waals surface area contributed by atoms with E-state index in [4.69, 9.17) is 11.6 Å². The Morgan fingerprint density at radius 1 is 1.17 bits per heavy atom. The van der Waals surface area contributed by atoms with Crippen LogP contribution < -0.4 is 0 Å². The summed E-state index contributed by atoms with van der Waals surface area (Å²) in [5.74, 6) is 0.0485. The number of alkyl halides is 3. The first kappa shape index (κ1) is 21.6. The van der Waals surface area contributed by atoms with Gasteiger partial charge in [0.1, 0.15) is 0 Å². The third-order valence-electron chi connectivity index (χ3n) is 5.22. The Kier molecular flexibility index (Phi) is 6.53. The van der Waals surface area contributed by atoms with E-state index in [0.29, 0.717) is 56.3 Å². The molecule has 2 aromatic rings. The lowest BCUT2D eigenvalue weighted by atomic mass is 10.1. The molecule has 2 heterocycles. The molecule has 1 fully saturated rings. The number of carbonyl (C=O) groups excluding carboxylic acids is 1. The number of halogens is 4. The molecule has 9 heteroatoms. The number of hydrogen-bond acceptors (Lipinski definition) is 3. The number of aryl methyl sites for hydroxylation is 2. The highest BCUT2D eigenvalue weighted by atomic mass is 35.5. The summed E-state index contributed by atoms with van der Waals surface area (Å²) in [5.41, 5.74) is 1.59. The molecule has 0 saturated carbocycles. The van der Waals surface area contributed by atoms with Gasteiger partial charge in [-0.25, -0.2) is 0 Å². The van der Waals surface area contributed by atoms with Crippen molar-refractivity contribution < 1.29 is 18.0 Å². The van der Waals surface area contributed by atoms with Crippen molar-refractivity contribution in [2.24, 2.45) is 0 Å². The summed E-state index contributed by atoms with van der Waals surface area (Å²) < 4.78 is 40.3. The minimum Gasteiger partial charge on any atom is -0.340 e. The Hall–Kier alpha value is -2.06. The van der Waals surface area contributed by atoms with Crippen LogP contribution in [0.2, 0.25) is 5.02 Å². The standard InChI is InChI=1S/C20H24ClF3N4O/c1-14-19(21)15(2)28(25-14)7-6-18(29)27-10-8-26(9-11-27)13-16-4-3-5-17(12-16)20(22,23)24/h3-5,12H,6-11,13H2,1-2H3. The Bertz CT molecular complexity index is 873. The fourth-order valence-electron chi connectivity index (χ4n) is 3.51. The van der Waals surface area contributed by atoms with Crippen molar-refractivity contribution in [3.05, 3.63) is 51.8 Å². The van der Waals surface area contributed by atoms with Gasteiger partial charge >= 0.3 is 6.18 Å². The van der Waals surface area contributed by atoms with Crippen LogP contribution in [0, 0.1) is 13.8 Å². The van der Waals surface area contributed by atoms with Gasteiger partial charge in [-0.1, -0.05) is 29.8 Å². The molecule has 29 heavy (non-hydrogen) atoms. The molecule has 5 nitrogen and oxygen atoms in total. The number of benzene rings is 1. The van der Waals surface area contributed by atoms with Gasteiger partial charge in [0, 0.05) is 39.1 Å². The van der Waals surface area contributed by atoms with E-state index in [-0.39, 0.29) is 5.91 Å². The average molecular weight is 429 g/mol. The van der Waals surface area contributed by atoms with Gasteiger partial charge in [0.25, 0.3) is 0 Å². The van der Waals surface area contributed by atoms with Gasteiger partial charge < -0.3 is 4.90 Å². The molecule has 1 aliphatic heterocycles. The van der Waals surface area contributed by atoms with Gasteiger partial charge in [-0.05, 0) is 25.5 Å². The van der Waals surface area contributed by atoms with Crippen molar-refractivity contribution in [3.8, 4) is 0 Å². The van der Waals surface area contributed by atoms with Crippen molar-refractivity contribution in [1.82, 2.24) is 19.6 Å². The van der Waals surface area contributed by atoms with Gasteiger partial charge in [-0.2, -0.15) is 18.3 Å². The van der Waals surface area contributed by atoms with E-state index in [9.17, 15) is 18.0 Å². The molecule has 3 rings (SSSR count). The van der Waals surface area contributed by atoms with Gasteiger partial charge in [0.15, 0.2) is 0 Å². The van der Waals surface area contributed by atoms with Crippen LogP contribution in [-0.4, -0.2) is 51.7 Å². The zero-order valence-electron chi connectivity index (χ0n) is 16.5. The lowest BCUT2D eigenvalue weighted by Gasteiger charge is -2.35. The topological polar surface area (TPSA) is 41.4 Å². The van der Waals surface area contributed by atoms with Crippen LogP contribution in [0.3, 0.4) is 0 Å². The second-order valence-electron chi connectivity index (χ2n) is 7.31. The van der Waals surface area contributed by atoms with E-state index in [1.54, 1.807) is 15.6 Å². The largest absolute Gasteiger partial charge is 0.416 e. The fraction of sp³-hybridized carbons (Fsp3) is 0.500. The van der Waals surface area contributed by atoms with Crippen molar-refractivity contribution in [2.75, 3.05) is 26.2 Å². The molecule has 0 bridgehead atoms. The molecule has 1 aromatic carbocycles. The summed E-state index contributed by atoms with van der Waals surface area (Å²) in [6.07, 6.45) is -4.00. The molecule has 1 amide bonds. The number of rotatable bonds is 5. The number of hydrogen-bond donors (Lipinski definition) is 0. The van der Waals surface area contributed by atoms with Crippen LogP contribution >= 0.6 is 11.6 Å². The van der Waals surface area contributed by atoms with Crippen LogP contribution in [0.4, 0.5) is 13.2 Å². The van der Waals surface area contributed by atoms with E-state index in [1.807, 2.05) is 13.8 Å². The van der Waals surface area contributed by atoms with E-state index in [2.05, 4.69) is 10.00 Å². The summed E-state index contributed by atoms with van der Waals surface area (Å²) in [4.78, 5) is 16.4. The number of nitrogens with zero attached hydrogens (tertiary/aromatic N) is 4. The Morgan fingerprint density at radius 3 is 2.45 bits per heavy atom. The normalized spacial score (nSPS) is 15.7. The van der Waals surface area contributed by atoms with Crippen molar-refractivity contribution in [2.45, 2.75) is 39.5 Å². The zero-order valence-corrected chi connectivity index (χ0v) is 17.2. The third kappa shape index (κ3) is 5.30. The van der Waals surface area contributed by atoms with Gasteiger partial charge in [-0.15, -0.1) is 0 Å². The summed E-state index contributed by atoms with van der Waals surface area (Å²) in [6, 6.07) is 5.41.